The van der Waals surface area contributed by atoms with Gasteiger partial charge in [-0.3, -0.25) is 0 Å². The van der Waals surface area contributed by atoms with E-state index < -0.39 is 0 Å². The second-order valence-corrected chi connectivity index (χ2v) is 5.05. The van der Waals surface area contributed by atoms with Gasteiger partial charge < -0.3 is 10.1 Å². The molecule has 2 atom stereocenters. The fraction of sp³-hybridized carbons (Fsp3) is 0.571. The lowest BCUT2D eigenvalue weighted by Gasteiger charge is -2.28. The molecule has 2 aliphatic heterocycles. The quantitative estimate of drug-likeness (QED) is 0.850. The predicted molar refractivity (Wildman–Crippen MR) is 64.4 cm³/mol. The number of halogens is 1. The molecule has 1 aromatic rings. The SMILES string of the molecule is Fc1ccc2c(c1)CCOC2CC1CCNC1. The smallest absolute Gasteiger partial charge is 0.123 e. The molecule has 2 aliphatic rings. The van der Waals surface area contributed by atoms with Crippen molar-refractivity contribution in [1.82, 2.24) is 5.32 Å². The highest BCUT2D eigenvalue weighted by Crippen LogP contribution is 2.33. The summed E-state index contributed by atoms with van der Waals surface area (Å²) in [5.74, 6) is 0.572. The number of fused-ring (bicyclic) bond motifs is 1. The molecule has 0 radical (unpaired) electrons. The van der Waals surface area contributed by atoms with Crippen LogP contribution >= 0.6 is 0 Å². The molecule has 0 bridgehead atoms. The number of hydrogen-bond acceptors (Lipinski definition) is 2. The van der Waals surface area contributed by atoms with Gasteiger partial charge in [0.15, 0.2) is 0 Å². The summed E-state index contributed by atoms with van der Waals surface area (Å²) >= 11 is 0. The lowest BCUT2D eigenvalue weighted by atomic mass is 9.90. The monoisotopic (exact) mass is 235 g/mol. The average molecular weight is 235 g/mol. The van der Waals surface area contributed by atoms with Crippen molar-refractivity contribution in [1.29, 1.82) is 0 Å². The van der Waals surface area contributed by atoms with Gasteiger partial charge in [0.05, 0.1) is 12.7 Å². The van der Waals surface area contributed by atoms with E-state index in [-0.39, 0.29) is 11.9 Å². The van der Waals surface area contributed by atoms with Gasteiger partial charge in [-0.2, -0.15) is 0 Å². The Bertz CT molecular complexity index is 401. The summed E-state index contributed by atoms with van der Waals surface area (Å²) in [6, 6.07) is 5.11. The molecular weight excluding hydrogens is 217 g/mol. The molecule has 0 amide bonds. The molecule has 3 heteroatoms. The van der Waals surface area contributed by atoms with Crippen LogP contribution in [0.15, 0.2) is 18.2 Å². The van der Waals surface area contributed by atoms with Crippen LogP contribution in [0.1, 0.15) is 30.1 Å². The van der Waals surface area contributed by atoms with Crippen LogP contribution in [0.3, 0.4) is 0 Å². The topological polar surface area (TPSA) is 21.3 Å². The Hall–Kier alpha value is -0.930. The molecular formula is C14H18FNO. The molecule has 2 unspecified atom stereocenters. The molecule has 92 valence electrons. The normalized spacial score (nSPS) is 28.1. The van der Waals surface area contributed by atoms with Crippen molar-refractivity contribution in [2.75, 3.05) is 19.7 Å². The molecule has 1 saturated heterocycles. The Labute approximate surface area is 101 Å². The molecule has 0 aliphatic carbocycles. The van der Waals surface area contributed by atoms with E-state index >= 15 is 0 Å². The van der Waals surface area contributed by atoms with E-state index in [0.29, 0.717) is 5.92 Å². The van der Waals surface area contributed by atoms with Crippen LogP contribution in [0.2, 0.25) is 0 Å². The van der Waals surface area contributed by atoms with E-state index in [0.717, 1.165) is 38.1 Å². The zero-order valence-corrected chi connectivity index (χ0v) is 9.92. The zero-order chi connectivity index (χ0) is 11.7. The summed E-state index contributed by atoms with van der Waals surface area (Å²) < 4.78 is 19.0. The third-order valence-electron chi connectivity index (χ3n) is 3.85. The largest absolute Gasteiger partial charge is 0.373 e. The Morgan fingerprint density at radius 1 is 1.41 bits per heavy atom. The van der Waals surface area contributed by atoms with Gasteiger partial charge >= 0.3 is 0 Å². The van der Waals surface area contributed by atoms with Crippen molar-refractivity contribution in [2.45, 2.75) is 25.4 Å². The highest BCUT2D eigenvalue weighted by atomic mass is 19.1. The fourth-order valence-corrected chi connectivity index (χ4v) is 2.92. The second kappa shape index (κ2) is 4.75. The van der Waals surface area contributed by atoms with Gasteiger partial charge in [-0.05, 0) is 61.5 Å². The molecule has 3 rings (SSSR count). The highest BCUT2D eigenvalue weighted by Gasteiger charge is 2.25. The van der Waals surface area contributed by atoms with Crippen molar-refractivity contribution >= 4 is 0 Å². The van der Waals surface area contributed by atoms with E-state index in [1.165, 1.54) is 12.0 Å². The van der Waals surface area contributed by atoms with E-state index in [9.17, 15) is 4.39 Å². The van der Waals surface area contributed by atoms with Crippen LogP contribution in [-0.2, 0) is 11.2 Å². The van der Waals surface area contributed by atoms with E-state index in [1.54, 1.807) is 12.1 Å². The number of ether oxygens (including phenoxy) is 1. The van der Waals surface area contributed by atoms with Gasteiger partial charge in [0.2, 0.25) is 0 Å². The number of benzene rings is 1. The minimum atomic E-state index is -0.132. The maximum atomic E-state index is 13.2. The van der Waals surface area contributed by atoms with E-state index in [4.69, 9.17) is 4.74 Å². The van der Waals surface area contributed by atoms with E-state index in [2.05, 4.69) is 5.32 Å². The molecule has 1 fully saturated rings. The lowest BCUT2D eigenvalue weighted by Crippen LogP contribution is -2.20. The molecule has 0 aromatic heterocycles. The fourth-order valence-electron chi connectivity index (χ4n) is 2.92. The minimum Gasteiger partial charge on any atom is -0.373 e. The first-order valence-electron chi connectivity index (χ1n) is 6.43. The number of rotatable bonds is 2. The Kier molecular flexibility index (Phi) is 3.12. The van der Waals surface area contributed by atoms with Gasteiger partial charge in [0, 0.05) is 0 Å². The summed E-state index contributed by atoms with van der Waals surface area (Å²) in [6.45, 7) is 2.94. The predicted octanol–water partition coefficient (Wildman–Crippen LogP) is 2.44. The minimum absolute atomic E-state index is 0.132. The maximum Gasteiger partial charge on any atom is 0.123 e. The van der Waals surface area contributed by atoms with Crippen LogP contribution in [0, 0.1) is 11.7 Å². The molecule has 17 heavy (non-hydrogen) atoms. The van der Waals surface area contributed by atoms with Crippen molar-refractivity contribution in [3.8, 4) is 0 Å². The van der Waals surface area contributed by atoms with Crippen molar-refractivity contribution in [3.05, 3.63) is 35.1 Å². The number of hydrogen-bond donors (Lipinski definition) is 1. The molecule has 0 saturated carbocycles. The van der Waals surface area contributed by atoms with Gasteiger partial charge in [-0.1, -0.05) is 6.07 Å². The molecule has 1 aromatic carbocycles. The molecule has 0 spiro atoms. The van der Waals surface area contributed by atoms with Crippen molar-refractivity contribution in [3.63, 3.8) is 0 Å². The number of nitrogens with one attached hydrogen (secondary N) is 1. The molecule has 2 nitrogen and oxygen atoms in total. The summed E-state index contributed by atoms with van der Waals surface area (Å²) in [5.41, 5.74) is 2.33. The lowest BCUT2D eigenvalue weighted by molar-refractivity contribution is 0.0268. The van der Waals surface area contributed by atoms with Gasteiger partial charge in [0.1, 0.15) is 5.82 Å². The Morgan fingerprint density at radius 2 is 2.35 bits per heavy atom. The summed E-state index contributed by atoms with van der Waals surface area (Å²) in [4.78, 5) is 0. The highest BCUT2D eigenvalue weighted by molar-refractivity contribution is 5.31. The van der Waals surface area contributed by atoms with Crippen molar-refractivity contribution in [2.24, 2.45) is 5.92 Å². The van der Waals surface area contributed by atoms with E-state index in [1.807, 2.05) is 6.07 Å². The Balaban J connectivity index is 1.78. The molecule has 1 N–H and O–H groups in total. The van der Waals surface area contributed by atoms with Crippen LogP contribution < -0.4 is 5.32 Å². The first-order chi connectivity index (χ1) is 8.33. The van der Waals surface area contributed by atoms with Gasteiger partial charge in [0.25, 0.3) is 0 Å². The zero-order valence-electron chi connectivity index (χ0n) is 9.92. The summed E-state index contributed by atoms with van der Waals surface area (Å²) in [7, 11) is 0. The van der Waals surface area contributed by atoms with Gasteiger partial charge in [-0.25, -0.2) is 4.39 Å². The average Bonchev–Trinajstić information content (AvgIpc) is 2.82. The van der Waals surface area contributed by atoms with Crippen molar-refractivity contribution < 1.29 is 9.13 Å². The van der Waals surface area contributed by atoms with Crippen LogP contribution in [0.5, 0.6) is 0 Å². The second-order valence-electron chi connectivity index (χ2n) is 5.05. The third-order valence-corrected chi connectivity index (χ3v) is 3.85. The summed E-state index contributed by atoms with van der Waals surface area (Å²) in [5, 5.41) is 3.38. The summed E-state index contributed by atoms with van der Waals surface area (Å²) in [6.07, 6.45) is 3.30. The third kappa shape index (κ3) is 2.35. The maximum absolute atomic E-state index is 13.2. The van der Waals surface area contributed by atoms with Crippen LogP contribution in [0.25, 0.3) is 0 Å². The Morgan fingerprint density at radius 3 is 3.18 bits per heavy atom. The first kappa shape index (κ1) is 11.2. The van der Waals surface area contributed by atoms with Crippen LogP contribution in [-0.4, -0.2) is 19.7 Å². The first-order valence-corrected chi connectivity index (χ1v) is 6.43. The van der Waals surface area contributed by atoms with Gasteiger partial charge in [-0.15, -0.1) is 0 Å². The molecule has 2 heterocycles. The van der Waals surface area contributed by atoms with Crippen LogP contribution in [0.4, 0.5) is 4.39 Å². The standard InChI is InChI=1S/C14H18FNO/c15-12-1-2-13-11(8-12)4-6-17-14(13)7-10-3-5-16-9-10/h1-2,8,10,14,16H,3-7,9H2.